The lowest BCUT2D eigenvalue weighted by molar-refractivity contribution is 0.410. The highest BCUT2D eigenvalue weighted by Crippen LogP contribution is 2.54. The fourth-order valence-electron chi connectivity index (χ4n) is 2.65. The van der Waals surface area contributed by atoms with E-state index in [1.165, 1.54) is 0 Å². The number of hydrogen-bond acceptors (Lipinski definition) is 3. The summed E-state index contributed by atoms with van der Waals surface area (Å²) in [7, 11) is 1.61. The van der Waals surface area contributed by atoms with Crippen LogP contribution < -0.4 is 4.74 Å². The molecule has 1 aliphatic carbocycles. The summed E-state index contributed by atoms with van der Waals surface area (Å²) < 4.78 is 5.35. The average Bonchev–Trinajstić information content (AvgIpc) is 3.09. The number of hydrogen-bond donors (Lipinski definition) is 0. The number of nitrogens with zero attached hydrogens (tertiary/aromatic N) is 1. The molecule has 0 amide bonds. The first kappa shape index (κ1) is 13.1. The van der Waals surface area contributed by atoms with Crippen LogP contribution >= 0.6 is 11.6 Å². The molecule has 2 rings (SSSR count). The Bertz CT molecular complexity index is 526. The third kappa shape index (κ3) is 1.75. The molecule has 0 unspecified atom stereocenters. The second-order valence-electron chi connectivity index (χ2n) is 4.83. The predicted octanol–water partition coefficient (Wildman–Crippen LogP) is 3.60. The molecule has 1 saturated carbocycles. The molecule has 0 spiro atoms. The lowest BCUT2D eigenvalue weighted by Crippen LogP contribution is -2.10. The van der Waals surface area contributed by atoms with Crippen molar-refractivity contribution in [2.24, 2.45) is 4.99 Å². The zero-order valence-corrected chi connectivity index (χ0v) is 11.8. The van der Waals surface area contributed by atoms with Gasteiger partial charge < -0.3 is 4.74 Å². The Morgan fingerprint density at radius 3 is 2.28 bits per heavy atom. The van der Waals surface area contributed by atoms with Gasteiger partial charge >= 0.3 is 0 Å². The first-order valence-corrected chi connectivity index (χ1v) is 6.29. The number of halogens is 1. The fraction of sp³-hybridized carbons (Fsp3) is 0.500. The number of benzene rings is 1. The van der Waals surface area contributed by atoms with E-state index in [2.05, 4.69) is 4.99 Å². The summed E-state index contributed by atoms with van der Waals surface area (Å²) in [6.45, 7) is 5.95. The summed E-state index contributed by atoms with van der Waals surface area (Å²) >= 11 is 6.34. The molecule has 18 heavy (non-hydrogen) atoms. The molecule has 0 heterocycles. The van der Waals surface area contributed by atoms with Crippen LogP contribution in [0.2, 0.25) is 5.02 Å². The molecule has 1 aliphatic rings. The first-order valence-electron chi connectivity index (χ1n) is 5.91. The first-order chi connectivity index (χ1) is 8.48. The maximum absolute atomic E-state index is 10.6. The third-order valence-electron chi connectivity index (χ3n) is 3.83. The second-order valence-corrected chi connectivity index (χ2v) is 5.21. The number of carbonyl (C=O) groups excluding carboxylic acids is 1. The zero-order valence-electron chi connectivity index (χ0n) is 11.1. The van der Waals surface area contributed by atoms with Crippen LogP contribution in [0.3, 0.4) is 0 Å². The van der Waals surface area contributed by atoms with Crippen molar-refractivity contribution in [2.75, 3.05) is 7.11 Å². The van der Waals surface area contributed by atoms with E-state index in [-0.39, 0.29) is 0 Å². The predicted molar refractivity (Wildman–Crippen MR) is 71.2 cm³/mol. The van der Waals surface area contributed by atoms with Gasteiger partial charge in [0.05, 0.1) is 17.7 Å². The van der Waals surface area contributed by atoms with E-state index in [0.29, 0.717) is 10.8 Å². The lowest BCUT2D eigenvalue weighted by atomic mass is 9.90. The Hall–Kier alpha value is -1.31. The van der Waals surface area contributed by atoms with E-state index in [0.717, 1.165) is 35.1 Å². The highest BCUT2D eigenvalue weighted by Gasteiger charge is 2.47. The van der Waals surface area contributed by atoms with Gasteiger partial charge in [-0.05, 0) is 55.9 Å². The molecule has 0 aliphatic heterocycles. The van der Waals surface area contributed by atoms with Crippen molar-refractivity contribution in [3.05, 3.63) is 27.3 Å². The molecule has 0 radical (unpaired) electrons. The van der Waals surface area contributed by atoms with Crippen molar-refractivity contribution in [3.63, 3.8) is 0 Å². The molecule has 4 heteroatoms. The normalized spacial score (nSPS) is 16.1. The third-order valence-corrected chi connectivity index (χ3v) is 4.29. The van der Waals surface area contributed by atoms with Gasteiger partial charge in [-0.15, -0.1) is 0 Å². The minimum absolute atomic E-state index is 0.392. The van der Waals surface area contributed by atoms with Gasteiger partial charge in [-0.1, -0.05) is 11.6 Å². The molecule has 0 bridgehead atoms. The van der Waals surface area contributed by atoms with Gasteiger partial charge in [-0.3, -0.25) is 0 Å². The monoisotopic (exact) mass is 265 g/mol. The van der Waals surface area contributed by atoms with Gasteiger partial charge in [0.25, 0.3) is 0 Å². The summed E-state index contributed by atoms with van der Waals surface area (Å²) in [4.78, 5) is 14.6. The van der Waals surface area contributed by atoms with Gasteiger partial charge in [-0.2, -0.15) is 4.99 Å². The Morgan fingerprint density at radius 2 is 1.83 bits per heavy atom. The molecular formula is C14H16ClNO2. The molecule has 0 atom stereocenters. The van der Waals surface area contributed by atoms with Crippen molar-refractivity contribution < 1.29 is 9.53 Å². The maximum atomic E-state index is 10.6. The SMILES string of the molecule is COc1c(C)c(C)c(C2(N=C=O)CC2)c(C)c1Cl. The largest absolute Gasteiger partial charge is 0.495 e. The number of isocyanates is 1. The summed E-state index contributed by atoms with van der Waals surface area (Å²) in [5.41, 5.74) is 3.74. The zero-order chi connectivity index (χ0) is 13.5. The van der Waals surface area contributed by atoms with Gasteiger partial charge in [0.15, 0.2) is 0 Å². The number of methoxy groups -OCH3 is 1. The van der Waals surface area contributed by atoms with E-state index in [9.17, 15) is 4.79 Å². The summed E-state index contributed by atoms with van der Waals surface area (Å²) in [6, 6.07) is 0. The van der Waals surface area contributed by atoms with Gasteiger partial charge in [0.1, 0.15) is 5.75 Å². The van der Waals surface area contributed by atoms with Crippen molar-refractivity contribution >= 4 is 17.7 Å². The van der Waals surface area contributed by atoms with E-state index in [1.807, 2.05) is 20.8 Å². The molecule has 3 nitrogen and oxygen atoms in total. The van der Waals surface area contributed by atoms with Crippen LogP contribution in [0.25, 0.3) is 0 Å². The van der Waals surface area contributed by atoms with Gasteiger partial charge in [0.2, 0.25) is 6.08 Å². The van der Waals surface area contributed by atoms with Crippen molar-refractivity contribution in [1.29, 1.82) is 0 Å². The lowest BCUT2D eigenvalue weighted by Gasteiger charge is -2.21. The van der Waals surface area contributed by atoms with E-state index in [4.69, 9.17) is 16.3 Å². The molecule has 1 fully saturated rings. The Labute approximate surface area is 112 Å². The van der Waals surface area contributed by atoms with E-state index < -0.39 is 5.54 Å². The van der Waals surface area contributed by atoms with Crippen LogP contribution in [0, 0.1) is 20.8 Å². The van der Waals surface area contributed by atoms with Crippen LogP contribution in [-0.4, -0.2) is 13.2 Å². The number of ether oxygens (including phenoxy) is 1. The van der Waals surface area contributed by atoms with Crippen LogP contribution in [0.5, 0.6) is 5.75 Å². The topological polar surface area (TPSA) is 38.7 Å². The summed E-state index contributed by atoms with van der Waals surface area (Å²) in [6.07, 6.45) is 3.45. The number of aliphatic imine (C=N–C) groups is 1. The highest BCUT2D eigenvalue weighted by atomic mass is 35.5. The van der Waals surface area contributed by atoms with Crippen molar-refractivity contribution in [2.45, 2.75) is 39.2 Å². The molecular weight excluding hydrogens is 250 g/mol. The van der Waals surface area contributed by atoms with Gasteiger partial charge in [0, 0.05) is 0 Å². The standard InChI is InChI=1S/C14H16ClNO2/c1-8-9(2)13(18-4)12(15)10(3)11(8)14(5-6-14)16-7-17/h5-6H2,1-4H3. The maximum Gasteiger partial charge on any atom is 0.235 e. The highest BCUT2D eigenvalue weighted by molar-refractivity contribution is 6.33. The van der Waals surface area contributed by atoms with Crippen LogP contribution in [-0.2, 0) is 10.3 Å². The molecule has 0 N–H and O–H groups in total. The Kier molecular flexibility index (Phi) is 3.22. The fourth-order valence-corrected chi connectivity index (χ4v) is 2.96. The van der Waals surface area contributed by atoms with Crippen LogP contribution in [0.4, 0.5) is 0 Å². The molecule has 0 saturated heterocycles. The molecule has 1 aromatic carbocycles. The molecule has 0 aromatic heterocycles. The van der Waals surface area contributed by atoms with E-state index in [1.54, 1.807) is 13.2 Å². The summed E-state index contributed by atoms with van der Waals surface area (Å²) in [5, 5.41) is 0.614. The van der Waals surface area contributed by atoms with Crippen LogP contribution in [0.1, 0.15) is 35.1 Å². The molecule has 1 aromatic rings. The number of rotatable bonds is 3. The molecule has 96 valence electrons. The van der Waals surface area contributed by atoms with Crippen LogP contribution in [0.15, 0.2) is 4.99 Å². The minimum Gasteiger partial charge on any atom is -0.495 e. The van der Waals surface area contributed by atoms with Crippen molar-refractivity contribution in [3.8, 4) is 5.75 Å². The smallest absolute Gasteiger partial charge is 0.235 e. The second kappa shape index (κ2) is 4.42. The quantitative estimate of drug-likeness (QED) is 0.619. The Balaban J connectivity index is 2.74. The van der Waals surface area contributed by atoms with Gasteiger partial charge in [-0.25, -0.2) is 4.79 Å². The van der Waals surface area contributed by atoms with Crippen molar-refractivity contribution in [1.82, 2.24) is 0 Å². The minimum atomic E-state index is -0.392. The van der Waals surface area contributed by atoms with E-state index >= 15 is 0 Å². The Morgan fingerprint density at radius 1 is 1.22 bits per heavy atom. The summed E-state index contributed by atoms with van der Waals surface area (Å²) in [5.74, 6) is 0.710. The average molecular weight is 266 g/mol.